The summed E-state index contributed by atoms with van der Waals surface area (Å²) in [5.41, 5.74) is 1.80. The Bertz CT molecular complexity index is 1050. The molecule has 186 valence electrons. The van der Waals surface area contributed by atoms with Crippen molar-refractivity contribution in [1.29, 1.82) is 0 Å². The number of aliphatic hydroxyl groups is 1. The number of carbonyl (C=O) groups is 4. The van der Waals surface area contributed by atoms with Gasteiger partial charge in [-0.25, -0.2) is 14.4 Å². The lowest BCUT2D eigenvalue weighted by atomic mass is 9.92. The van der Waals surface area contributed by atoms with Crippen LogP contribution in [0.2, 0.25) is 0 Å². The van der Waals surface area contributed by atoms with Crippen molar-refractivity contribution in [1.82, 2.24) is 15.6 Å². The SMILES string of the molecule is C[C@@H]1CC(=O)N1[C@@H](C(=O)O)[C@](C)(/C=N/NC(=O)[C@H](CO)NC(=O)c1ccc(O)c(O)c1)S(=O)O. The number of hydrazone groups is 1. The number of aliphatic hydroxyl groups excluding tert-OH is 1. The van der Waals surface area contributed by atoms with Crippen molar-refractivity contribution in [3.05, 3.63) is 23.8 Å². The summed E-state index contributed by atoms with van der Waals surface area (Å²) >= 11 is -2.84. The van der Waals surface area contributed by atoms with Crippen LogP contribution in [-0.4, -0.2) is 93.5 Å². The van der Waals surface area contributed by atoms with Gasteiger partial charge in [0.2, 0.25) is 5.91 Å². The average Bonchev–Trinajstić information content (AvgIpc) is 2.76. The van der Waals surface area contributed by atoms with Crippen molar-refractivity contribution in [3.63, 3.8) is 0 Å². The summed E-state index contributed by atoms with van der Waals surface area (Å²) in [5.74, 6) is -5.08. The van der Waals surface area contributed by atoms with E-state index in [0.717, 1.165) is 30.0 Å². The number of benzene rings is 1. The molecule has 0 radical (unpaired) electrons. The Hall–Kier alpha value is -3.56. The molecule has 1 aliphatic rings. The number of hydrogen-bond donors (Lipinski definition) is 7. The van der Waals surface area contributed by atoms with Gasteiger partial charge >= 0.3 is 5.97 Å². The summed E-state index contributed by atoms with van der Waals surface area (Å²) in [6.45, 7) is 1.76. The molecule has 1 fully saturated rings. The van der Waals surface area contributed by atoms with E-state index in [-0.39, 0.29) is 12.0 Å². The molecular weight excluding hydrogens is 476 g/mol. The predicted octanol–water partition coefficient (Wildman–Crippen LogP) is -1.66. The van der Waals surface area contributed by atoms with Crippen molar-refractivity contribution in [2.75, 3.05) is 6.61 Å². The van der Waals surface area contributed by atoms with E-state index >= 15 is 0 Å². The van der Waals surface area contributed by atoms with Crippen LogP contribution in [0, 0.1) is 0 Å². The molecule has 1 heterocycles. The van der Waals surface area contributed by atoms with E-state index in [1.807, 2.05) is 5.43 Å². The van der Waals surface area contributed by atoms with Crippen molar-refractivity contribution >= 4 is 41.0 Å². The van der Waals surface area contributed by atoms with Crippen LogP contribution in [0.4, 0.5) is 0 Å². The van der Waals surface area contributed by atoms with Crippen LogP contribution < -0.4 is 10.7 Å². The zero-order valence-corrected chi connectivity index (χ0v) is 18.9. The van der Waals surface area contributed by atoms with Crippen LogP contribution in [0.15, 0.2) is 23.3 Å². The molecule has 14 nitrogen and oxygen atoms in total. The zero-order chi connectivity index (χ0) is 25.8. The van der Waals surface area contributed by atoms with E-state index in [9.17, 15) is 48.4 Å². The van der Waals surface area contributed by atoms with E-state index in [1.54, 1.807) is 6.92 Å². The number of hydrogen-bond acceptors (Lipinski definition) is 9. The Kier molecular flexibility index (Phi) is 8.31. The highest BCUT2D eigenvalue weighted by atomic mass is 32.2. The molecule has 0 saturated carbocycles. The summed E-state index contributed by atoms with van der Waals surface area (Å²) in [5, 5.41) is 43.5. The van der Waals surface area contributed by atoms with Gasteiger partial charge in [-0.3, -0.25) is 14.4 Å². The minimum Gasteiger partial charge on any atom is -0.504 e. The van der Waals surface area contributed by atoms with Crippen molar-refractivity contribution < 1.29 is 48.4 Å². The monoisotopic (exact) mass is 500 g/mol. The van der Waals surface area contributed by atoms with E-state index in [4.69, 9.17) is 0 Å². The second-order valence-corrected chi connectivity index (χ2v) is 9.05. The molecule has 1 saturated heterocycles. The maximum absolute atomic E-state index is 12.3. The molecule has 15 heteroatoms. The van der Waals surface area contributed by atoms with Gasteiger partial charge in [0.05, 0.1) is 6.61 Å². The Morgan fingerprint density at radius 2 is 1.97 bits per heavy atom. The number of phenols is 2. The largest absolute Gasteiger partial charge is 0.504 e. The first-order valence-electron chi connectivity index (χ1n) is 9.76. The Balaban J connectivity index is 2.15. The van der Waals surface area contributed by atoms with Crippen molar-refractivity contribution in [3.8, 4) is 11.5 Å². The first-order valence-corrected chi connectivity index (χ1v) is 10.9. The second-order valence-electron chi connectivity index (χ2n) is 7.67. The number of aliphatic carboxylic acids is 1. The first-order chi connectivity index (χ1) is 15.8. The highest BCUT2D eigenvalue weighted by molar-refractivity contribution is 7.81. The number of carboxylic acid groups (broad SMARTS) is 1. The molecule has 3 amide bonds. The number of carboxylic acids is 1. The molecule has 1 unspecified atom stereocenters. The van der Waals surface area contributed by atoms with Gasteiger partial charge in [-0.05, 0) is 32.0 Å². The standard InChI is InChI=1S/C19H24N4O10S/c1-9-5-14(27)23(9)15(18(30)31)19(2,34(32)33)8-20-22-17(29)11(7-24)21-16(28)10-3-4-12(25)13(26)6-10/h3-4,6,8-9,11,15,24-26H,5,7H2,1-2H3,(H,21,28)(H,22,29)(H,30,31)(H,32,33)/b20-8+/t9-,11+,15+,19+/m1/s1. The molecule has 1 aromatic carbocycles. The number of amides is 3. The maximum atomic E-state index is 12.3. The van der Waals surface area contributed by atoms with Gasteiger partial charge in [0.1, 0.15) is 10.8 Å². The molecule has 0 spiro atoms. The summed E-state index contributed by atoms with van der Waals surface area (Å²) in [6, 6.07) is -0.666. The third-order valence-corrected chi connectivity index (χ3v) is 6.28. The highest BCUT2D eigenvalue weighted by Crippen LogP contribution is 2.30. The fraction of sp³-hybridized carbons (Fsp3) is 0.421. The lowest BCUT2D eigenvalue weighted by Crippen LogP contribution is -2.67. The van der Waals surface area contributed by atoms with Crippen LogP contribution in [0.5, 0.6) is 11.5 Å². The predicted molar refractivity (Wildman–Crippen MR) is 116 cm³/mol. The van der Waals surface area contributed by atoms with Gasteiger partial charge in [0.25, 0.3) is 11.8 Å². The Morgan fingerprint density at radius 3 is 2.44 bits per heavy atom. The molecule has 1 aromatic rings. The summed E-state index contributed by atoms with van der Waals surface area (Å²) in [7, 11) is 0. The quantitative estimate of drug-likeness (QED) is 0.0636. The number of aromatic hydroxyl groups is 2. The van der Waals surface area contributed by atoms with E-state index in [2.05, 4.69) is 10.4 Å². The first kappa shape index (κ1) is 26.7. The van der Waals surface area contributed by atoms with Crippen molar-refractivity contribution in [2.45, 2.75) is 43.1 Å². The minimum atomic E-state index is -2.84. The third-order valence-electron chi connectivity index (χ3n) is 5.20. The molecule has 0 aromatic heterocycles. The van der Waals surface area contributed by atoms with Gasteiger partial charge in [-0.1, -0.05) is 0 Å². The average molecular weight is 500 g/mol. The molecule has 2 rings (SSSR count). The number of β-lactam (4-membered cyclic amide) rings is 1. The Labute approximate surface area is 195 Å². The van der Waals surface area contributed by atoms with Crippen LogP contribution in [0.25, 0.3) is 0 Å². The number of rotatable bonds is 10. The van der Waals surface area contributed by atoms with Crippen LogP contribution in [-0.2, 0) is 25.5 Å². The number of nitrogens with zero attached hydrogens (tertiary/aromatic N) is 2. The van der Waals surface area contributed by atoms with Crippen molar-refractivity contribution in [2.24, 2.45) is 5.10 Å². The molecule has 5 atom stereocenters. The normalized spacial score (nSPS) is 20.1. The molecule has 1 aliphatic heterocycles. The molecule has 0 bridgehead atoms. The van der Waals surface area contributed by atoms with E-state index in [1.165, 1.54) is 0 Å². The summed E-state index contributed by atoms with van der Waals surface area (Å²) in [6.07, 6.45) is 0.773. The lowest BCUT2D eigenvalue weighted by Gasteiger charge is -2.46. The van der Waals surface area contributed by atoms with Gasteiger partial charge in [-0.15, -0.1) is 0 Å². The summed E-state index contributed by atoms with van der Waals surface area (Å²) in [4.78, 5) is 49.2. The highest BCUT2D eigenvalue weighted by Gasteiger charge is 2.53. The van der Waals surface area contributed by atoms with Gasteiger partial charge in [0, 0.05) is 24.2 Å². The van der Waals surface area contributed by atoms with Gasteiger partial charge in [0.15, 0.2) is 28.6 Å². The topological polar surface area (TPSA) is 226 Å². The van der Waals surface area contributed by atoms with Gasteiger partial charge < -0.3 is 35.2 Å². The molecular formula is C19H24N4O10S. The number of phenolic OH excluding ortho intramolecular Hbond substituents is 2. The van der Waals surface area contributed by atoms with Crippen LogP contribution >= 0.6 is 0 Å². The van der Waals surface area contributed by atoms with Crippen LogP contribution in [0.1, 0.15) is 30.6 Å². The van der Waals surface area contributed by atoms with Gasteiger partial charge in [-0.2, -0.15) is 5.10 Å². The second kappa shape index (κ2) is 10.6. The van der Waals surface area contributed by atoms with E-state index in [0.29, 0.717) is 6.21 Å². The number of nitrogens with one attached hydrogen (secondary N) is 2. The summed E-state index contributed by atoms with van der Waals surface area (Å²) < 4.78 is 19.7. The molecule has 7 N–H and O–H groups in total. The zero-order valence-electron chi connectivity index (χ0n) is 18.0. The fourth-order valence-corrected chi connectivity index (χ4v) is 3.79. The number of carbonyl (C=O) groups excluding carboxylic acids is 3. The minimum absolute atomic E-state index is 0.0719. The van der Waals surface area contributed by atoms with Crippen LogP contribution in [0.3, 0.4) is 0 Å². The smallest absolute Gasteiger partial charge is 0.328 e. The Morgan fingerprint density at radius 1 is 1.32 bits per heavy atom. The lowest BCUT2D eigenvalue weighted by molar-refractivity contribution is -0.161. The maximum Gasteiger partial charge on any atom is 0.328 e. The number of likely N-dealkylation sites (tertiary alicyclic amines) is 1. The molecule has 0 aliphatic carbocycles. The fourth-order valence-electron chi connectivity index (χ4n) is 3.24. The molecule has 34 heavy (non-hydrogen) atoms. The third kappa shape index (κ3) is 5.49. The van der Waals surface area contributed by atoms with E-state index < -0.39 is 75.7 Å².